The summed E-state index contributed by atoms with van der Waals surface area (Å²) in [5.41, 5.74) is 0. The second-order valence-corrected chi connectivity index (χ2v) is 12.7. The van der Waals surface area contributed by atoms with E-state index in [-0.39, 0.29) is 32.0 Å². The molecular weight excluding hydrogens is 594 g/mol. The van der Waals surface area contributed by atoms with Gasteiger partial charge in [-0.05, 0) is 12.8 Å². The van der Waals surface area contributed by atoms with Crippen LogP contribution in [0.4, 0.5) is 0 Å². The summed E-state index contributed by atoms with van der Waals surface area (Å²) in [5, 5.41) is 32.9. The quantitative estimate of drug-likeness (QED) is 0.0646. The summed E-state index contributed by atoms with van der Waals surface area (Å²) in [4.78, 5) is 36.9. The van der Waals surface area contributed by atoms with Gasteiger partial charge in [0.2, 0.25) is 5.91 Å². The van der Waals surface area contributed by atoms with Crippen molar-refractivity contribution in [3.63, 3.8) is 0 Å². The molecule has 1 saturated heterocycles. The van der Waals surface area contributed by atoms with Crippen LogP contribution in [0.1, 0.15) is 149 Å². The predicted octanol–water partition coefficient (Wildman–Crippen LogP) is 5.24. The Morgan fingerprint density at radius 2 is 1.17 bits per heavy atom. The third kappa shape index (κ3) is 19.8. The van der Waals surface area contributed by atoms with Gasteiger partial charge in [0, 0.05) is 19.8 Å². The van der Waals surface area contributed by atoms with Crippen LogP contribution in [0.25, 0.3) is 0 Å². The zero-order chi connectivity index (χ0) is 34.0. The predicted molar refractivity (Wildman–Crippen MR) is 176 cm³/mol. The molecule has 46 heavy (non-hydrogen) atoms. The molecule has 1 amide bonds. The molecular formula is C35H65NO10. The molecule has 0 saturated carbocycles. The van der Waals surface area contributed by atoms with Crippen molar-refractivity contribution in [3.05, 3.63) is 0 Å². The number of unbranched alkanes of at least 4 members (excludes halogenated alkanes) is 16. The lowest BCUT2D eigenvalue weighted by molar-refractivity contribution is -0.275. The average molecular weight is 660 g/mol. The molecule has 6 atom stereocenters. The number of aliphatic hydroxyl groups is 3. The van der Waals surface area contributed by atoms with E-state index >= 15 is 0 Å². The molecule has 0 radical (unpaired) electrons. The fourth-order valence-corrected chi connectivity index (χ4v) is 5.59. The van der Waals surface area contributed by atoms with E-state index in [0.717, 1.165) is 38.5 Å². The Hall–Kier alpha value is -1.79. The standard InChI is InChI=1S/C35H65NO10/c1-4-6-8-10-12-14-16-18-20-22-30(39)43-25-28(45-31(40)23-21-19-17-15-13-11-9-7-5-2)26-44-35-32(36-27(3)38)34(42)33(41)29(24-37)46-35/h28-29,32-35,37,41-42H,4-26H2,1-3H3,(H,36,38)/t28?,29-,32-,33-,34-,35?/m1/s1. The van der Waals surface area contributed by atoms with Crippen LogP contribution in [0.15, 0.2) is 0 Å². The maximum absolute atomic E-state index is 12.7. The summed E-state index contributed by atoms with van der Waals surface area (Å²) in [6.07, 6.45) is 14.5. The lowest BCUT2D eigenvalue weighted by Gasteiger charge is -2.42. The van der Waals surface area contributed by atoms with Gasteiger partial charge in [0.1, 0.15) is 31.0 Å². The lowest BCUT2D eigenvalue weighted by atomic mass is 9.97. The number of hydrogen-bond acceptors (Lipinski definition) is 10. The molecule has 2 unspecified atom stereocenters. The van der Waals surface area contributed by atoms with E-state index in [0.29, 0.717) is 6.42 Å². The fraction of sp³-hybridized carbons (Fsp3) is 0.914. The van der Waals surface area contributed by atoms with Crippen molar-refractivity contribution < 1.29 is 48.7 Å². The third-order valence-electron chi connectivity index (χ3n) is 8.39. The van der Waals surface area contributed by atoms with E-state index in [1.54, 1.807) is 0 Å². The van der Waals surface area contributed by atoms with Gasteiger partial charge >= 0.3 is 11.9 Å². The number of nitrogens with one attached hydrogen (secondary N) is 1. The molecule has 11 heteroatoms. The molecule has 0 aliphatic carbocycles. The number of ether oxygens (including phenoxy) is 4. The van der Waals surface area contributed by atoms with Crippen molar-refractivity contribution >= 4 is 17.8 Å². The van der Waals surface area contributed by atoms with Gasteiger partial charge in [-0.25, -0.2) is 0 Å². The van der Waals surface area contributed by atoms with Gasteiger partial charge in [0.25, 0.3) is 0 Å². The monoisotopic (exact) mass is 659 g/mol. The Labute approximate surface area is 277 Å². The topological polar surface area (TPSA) is 161 Å². The first-order valence-corrected chi connectivity index (χ1v) is 18.1. The summed E-state index contributed by atoms with van der Waals surface area (Å²) in [7, 11) is 0. The molecule has 1 fully saturated rings. The lowest BCUT2D eigenvalue weighted by Crippen LogP contribution is -2.64. The first-order valence-electron chi connectivity index (χ1n) is 18.1. The molecule has 270 valence electrons. The Balaban J connectivity index is 2.61. The highest BCUT2D eigenvalue weighted by Crippen LogP contribution is 2.23. The molecule has 1 aliphatic heterocycles. The molecule has 1 rings (SSSR count). The summed E-state index contributed by atoms with van der Waals surface area (Å²) in [5.74, 6) is -1.30. The number of hydrogen-bond donors (Lipinski definition) is 4. The van der Waals surface area contributed by atoms with Crippen LogP contribution in [-0.4, -0.2) is 89.7 Å². The van der Waals surface area contributed by atoms with Gasteiger partial charge in [-0.2, -0.15) is 0 Å². The fourth-order valence-electron chi connectivity index (χ4n) is 5.59. The van der Waals surface area contributed by atoms with Crippen LogP contribution < -0.4 is 5.32 Å². The zero-order valence-electron chi connectivity index (χ0n) is 28.9. The average Bonchev–Trinajstić information content (AvgIpc) is 3.03. The van der Waals surface area contributed by atoms with Gasteiger partial charge in [0.15, 0.2) is 12.4 Å². The van der Waals surface area contributed by atoms with Crippen molar-refractivity contribution in [2.75, 3.05) is 19.8 Å². The van der Waals surface area contributed by atoms with Crippen LogP contribution >= 0.6 is 0 Å². The van der Waals surface area contributed by atoms with Gasteiger partial charge in [-0.3, -0.25) is 14.4 Å². The Morgan fingerprint density at radius 3 is 1.65 bits per heavy atom. The first-order chi connectivity index (χ1) is 22.2. The number of carbonyl (C=O) groups excluding carboxylic acids is 3. The van der Waals surface area contributed by atoms with E-state index in [4.69, 9.17) is 18.9 Å². The summed E-state index contributed by atoms with van der Waals surface area (Å²) in [6, 6.07) is -1.14. The molecule has 0 spiro atoms. The zero-order valence-corrected chi connectivity index (χ0v) is 28.9. The van der Waals surface area contributed by atoms with Crippen LogP contribution in [-0.2, 0) is 33.3 Å². The van der Waals surface area contributed by atoms with Gasteiger partial charge < -0.3 is 39.6 Å². The van der Waals surface area contributed by atoms with Crippen molar-refractivity contribution in [1.82, 2.24) is 5.32 Å². The van der Waals surface area contributed by atoms with E-state index < -0.39 is 55.2 Å². The van der Waals surface area contributed by atoms with E-state index in [1.807, 2.05) is 0 Å². The Bertz CT molecular complexity index is 797. The highest BCUT2D eigenvalue weighted by atomic mass is 16.7. The van der Waals surface area contributed by atoms with E-state index in [1.165, 1.54) is 77.6 Å². The van der Waals surface area contributed by atoms with Crippen LogP contribution in [0.3, 0.4) is 0 Å². The van der Waals surface area contributed by atoms with Crippen molar-refractivity contribution in [2.45, 2.75) is 186 Å². The molecule has 4 N–H and O–H groups in total. The number of aliphatic hydroxyl groups excluding tert-OH is 3. The second-order valence-electron chi connectivity index (χ2n) is 12.7. The Kier molecular flexibility index (Phi) is 25.0. The molecule has 0 aromatic heterocycles. The highest BCUT2D eigenvalue weighted by molar-refractivity contribution is 5.73. The molecule has 1 aliphatic rings. The normalized spacial score (nSPS) is 21.9. The van der Waals surface area contributed by atoms with Gasteiger partial charge in [0.05, 0.1) is 13.2 Å². The number of rotatable bonds is 28. The maximum Gasteiger partial charge on any atom is 0.306 e. The second kappa shape index (κ2) is 27.2. The minimum atomic E-state index is -1.47. The summed E-state index contributed by atoms with van der Waals surface area (Å²) >= 11 is 0. The van der Waals surface area contributed by atoms with E-state index in [2.05, 4.69) is 19.2 Å². The molecule has 0 aromatic rings. The SMILES string of the molecule is CCCCCCCCCCCC(=O)OCC(COC1O[C@H](CO)[C@@H](O)[C@H](O)[C@H]1NC(C)=O)OC(=O)CCCCCCCCCCC. The molecule has 1 heterocycles. The van der Waals surface area contributed by atoms with Crippen molar-refractivity contribution in [3.8, 4) is 0 Å². The number of amides is 1. The minimum Gasteiger partial charge on any atom is -0.462 e. The van der Waals surface area contributed by atoms with Crippen LogP contribution in [0.5, 0.6) is 0 Å². The number of carbonyl (C=O) groups is 3. The minimum absolute atomic E-state index is 0.216. The van der Waals surface area contributed by atoms with Gasteiger partial charge in [-0.1, -0.05) is 117 Å². The van der Waals surface area contributed by atoms with Crippen molar-refractivity contribution in [1.29, 1.82) is 0 Å². The van der Waals surface area contributed by atoms with E-state index in [9.17, 15) is 29.7 Å². The first kappa shape index (κ1) is 42.2. The Morgan fingerprint density at radius 1 is 0.696 bits per heavy atom. The smallest absolute Gasteiger partial charge is 0.306 e. The van der Waals surface area contributed by atoms with Crippen LogP contribution in [0, 0.1) is 0 Å². The van der Waals surface area contributed by atoms with Crippen molar-refractivity contribution in [2.24, 2.45) is 0 Å². The van der Waals surface area contributed by atoms with Gasteiger partial charge in [-0.15, -0.1) is 0 Å². The maximum atomic E-state index is 12.7. The molecule has 0 aromatic carbocycles. The van der Waals surface area contributed by atoms with Crippen LogP contribution in [0.2, 0.25) is 0 Å². The summed E-state index contributed by atoms with van der Waals surface area (Å²) in [6.45, 7) is 4.60. The molecule has 0 bridgehead atoms. The highest BCUT2D eigenvalue weighted by Gasteiger charge is 2.45. The summed E-state index contributed by atoms with van der Waals surface area (Å²) < 4.78 is 22.5. The third-order valence-corrected chi connectivity index (χ3v) is 8.39. The molecule has 11 nitrogen and oxygen atoms in total. The number of esters is 2. The largest absolute Gasteiger partial charge is 0.462 e.